The fourth-order valence-corrected chi connectivity index (χ4v) is 2.29. The molecule has 0 saturated heterocycles. The smallest absolute Gasteiger partial charge is 0.325 e. The van der Waals surface area contributed by atoms with Gasteiger partial charge in [-0.15, -0.1) is 11.3 Å². The maximum Gasteiger partial charge on any atom is 0.325 e. The fraction of sp³-hybridized carbons (Fsp3) is 0.538. The van der Waals surface area contributed by atoms with Crippen LogP contribution in [0.15, 0.2) is 17.5 Å². The molecule has 0 N–H and O–H groups in total. The number of hydrogen-bond acceptors (Lipinski definition) is 4. The molecular weight excluding hydrogens is 250 g/mol. The molecule has 0 aliphatic carbocycles. The second-order valence-electron chi connectivity index (χ2n) is 3.88. The summed E-state index contributed by atoms with van der Waals surface area (Å²) in [5, 5.41) is 1.94. The third kappa shape index (κ3) is 4.87. The molecular formula is C13H19NO3S. The zero-order valence-corrected chi connectivity index (χ0v) is 11.7. The molecule has 0 fully saturated rings. The standard InChI is InChI=1S/C13H19NO3S/c1-3-7-14(10-13(16)17-4-2)12(15)9-11-6-5-8-18-11/h5-6,8H,3-4,7,9-10H2,1-2H3. The Morgan fingerprint density at radius 3 is 2.72 bits per heavy atom. The van der Waals surface area contributed by atoms with Crippen molar-refractivity contribution < 1.29 is 14.3 Å². The lowest BCUT2D eigenvalue weighted by Gasteiger charge is -2.20. The van der Waals surface area contributed by atoms with Gasteiger partial charge in [0.1, 0.15) is 6.54 Å². The first-order valence-corrected chi connectivity index (χ1v) is 7.01. The highest BCUT2D eigenvalue weighted by molar-refractivity contribution is 7.10. The molecule has 1 aromatic rings. The number of esters is 1. The van der Waals surface area contributed by atoms with Crippen molar-refractivity contribution in [2.45, 2.75) is 26.7 Å². The van der Waals surface area contributed by atoms with Gasteiger partial charge in [0.15, 0.2) is 0 Å². The van der Waals surface area contributed by atoms with Crippen LogP contribution in [-0.2, 0) is 20.7 Å². The largest absolute Gasteiger partial charge is 0.465 e. The Balaban J connectivity index is 2.54. The van der Waals surface area contributed by atoms with Gasteiger partial charge in [-0.05, 0) is 24.8 Å². The zero-order valence-electron chi connectivity index (χ0n) is 10.8. The van der Waals surface area contributed by atoms with Crippen molar-refractivity contribution in [1.29, 1.82) is 0 Å². The topological polar surface area (TPSA) is 46.6 Å². The summed E-state index contributed by atoms with van der Waals surface area (Å²) in [7, 11) is 0. The molecule has 0 radical (unpaired) electrons. The van der Waals surface area contributed by atoms with Crippen LogP contribution in [0.5, 0.6) is 0 Å². The van der Waals surface area contributed by atoms with E-state index in [9.17, 15) is 9.59 Å². The van der Waals surface area contributed by atoms with Crippen LogP contribution >= 0.6 is 11.3 Å². The van der Waals surface area contributed by atoms with Crippen molar-refractivity contribution in [3.63, 3.8) is 0 Å². The van der Waals surface area contributed by atoms with Gasteiger partial charge in [-0.3, -0.25) is 9.59 Å². The Morgan fingerprint density at radius 2 is 2.17 bits per heavy atom. The van der Waals surface area contributed by atoms with E-state index in [2.05, 4.69) is 0 Å². The van der Waals surface area contributed by atoms with E-state index in [-0.39, 0.29) is 18.4 Å². The first kappa shape index (κ1) is 14.7. The highest BCUT2D eigenvalue weighted by Crippen LogP contribution is 2.11. The fourth-order valence-electron chi connectivity index (χ4n) is 1.60. The second kappa shape index (κ2) is 7.87. The minimum Gasteiger partial charge on any atom is -0.465 e. The molecule has 0 spiro atoms. The Labute approximate surface area is 112 Å². The molecule has 0 atom stereocenters. The van der Waals surface area contributed by atoms with Gasteiger partial charge in [0, 0.05) is 11.4 Å². The predicted molar refractivity (Wildman–Crippen MR) is 71.5 cm³/mol. The number of amides is 1. The van der Waals surface area contributed by atoms with Crippen molar-refractivity contribution in [3.05, 3.63) is 22.4 Å². The average molecular weight is 269 g/mol. The molecule has 0 unspecified atom stereocenters. The number of nitrogens with zero attached hydrogens (tertiary/aromatic N) is 1. The molecule has 1 heterocycles. The number of hydrogen-bond donors (Lipinski definition) is 0. The van der Waals surface area contributed by atoms with Crippen molar-refractivity contribution in [3.8, 4) is 0 Å². The number of carbonyl (C=O) groups is 2. The van der Waals surface area contributed by atoms with Crippen molar-refractivity contribution in [1.82, 2.24) is 4.90 Å². The first-order chi connectivity index (χ1) is 8.67. The van der Waals surface area contributed by atoms with E-state index < -0.39 is 0 Å². The van der Waals surface area contributed by atoms with Crippen LogP contribution in [0.1, 0.15) is 25.1 Å². The van der Waals surface area contributed by atoms with Crippen LogP contribution in [0.4, 0.5) is 0 Å². The molecule has 0 aromatic carbocycles. The maximum atomic E-state index is 12.1. The molecule has 0 aliphatic rings. The molecule has 4 nitrogen and oxygen atoms in total. The van der Waals surface area contributed by atoms with Crippen molar-refractivity contribution in [2.24, 2.45) is 0 Å². The molecule has 0 saturated carbocycles. The van der Waals surface area contributed by atoms with Gasteiger partial charge < -0.3 is 9.64 Å². The minimum atomic E-state index is -0.342. The van der Waals surface area contributed by atoms with E-state index in [1.807, 2.05) is 24.4 Å². The Morgan fingerprint density at radius 1 is 1.39 bits per heavy atom. The van der Waals surface area contributed by atoms with Gasteiger partial charge in [0.2, 0.25) is 5.91 Å². The summed E-state index contributed by atoms with van der Waals surface area (Å²) in [6.07, 6.45) is 1.19. The van der Waals surface area contributed by atoms with Crippen LogP contribution in [0.3, 0.4) is 0 Å². The Bertz CT molecular complexity index is 376. The van der Waals surface area contributed by atoms with Crippen LogP contribution < -0.4 is 0 Å². The summed E-state index contributed by atoms with van der Waals surface area (Å²) in [5.74, 6) is -0.363. The highest BCUT2D eigenvalue weighted by Gasteiger charge is 2.17. The monoisotopic (exact) mass is 269 g/mol. The molecule has 0 bridgehead atoms. The van der Waals surface area contributed by atoms with E-state index in [0.29, 0.717) is 19.6 Å². The summed E-state index contributed by atoms with van der Waals surface area (Å²) in [5.41, 5.74) is 0. The number of rotatable bonds is 7. The quantitative estimate of drug-likeness (QED) is 0.712. The minimum absolute atomic E-state index is 0.0210. The van der Waals surface area contributed by atoms with E-state index in [1.54, 1.807) is 23.2 Å². The summed E-state index contributed by atoms with van der Waals surface area (Å²) < 4.78 is 4.87. The Hall–Kier alpha value is -1.36. The van der Waals surface area contributed by atoms with Crippen molar-refractivity contribution >= 4 is 23.2 Å². The Kier molecular flexibility index (Phi) is 6.43. The summed E-state index contributed by atoms with van der Waals surface area (Å²) >= 11 is 1.55. The summed E-state index contributed by atoms with van der Waals surface area (Å²) in [6, 6.07) is 3.85. The number of carbonyl (C=O) groups excluding carboxylic acids is 2. The molecule has 5 heteroatoms. The lowest BCUT2D eigenvalue weighted by Crippen LogP contribution is -2.37. The molecule has 1 rings (SSSR count). The first-order valence-electron chi connectivity index (χ1n) is 6.13. The lowest BCUT2D eigenvalue weighted by molar-refractivity contribution is -0.148. The second-order valence-corrected chi connectivity index (χ2v) is 4.91. The normalized spacial score (nSPS) is 10.1. The SMILES string of the molecule is CCCN(CC(=O)OCC)C(=O)Cc1cccs1. The number of thiophene rings is 1. The van der Waals surface area contributed by atoms with Crippen LogP contribution in [0.25, 0.3) is 0 Å². The van der Waals surface area contributed by atoms with Gasteiger partial charge in [-0.2, -0.15) is 0 Å². The van der Waals surface area contributed by atoms with Gasteiger partial charge >= 0.3 is 5.97 Å². The van der Waals surface area contributed by atoms with Crippen LogP contribution in [0.2, 0.25) is 0 Å². The third-order valence-corrected chi connectivity index (χ3v) is 3.25. The molecule has 1 aromatic heterocycles. The molecule has 18 heavy (non-hydrogen) atoms. The van der Waals surface area contributed by atoms with Gasteiger partial charge in [-0.1, -0.05) is 13.0 Å². The van der Waals surface area contributed by atoms with Gasteiger partial charge in [-0.25, -0.2) is 0 Å². The van der Waals surface area contributed by atoms with Crippen LogP contribution in [-0.4, -0.2) is 36.5 Å². The highest BCUT2D eigenvalue weighted by atomic mass is 32.1. The van der Waals surface area contributed by atoms with Gasteiger partial charge in [0.05, 0.1) is 13.0 Å². The average Bonchev–Trinajstić information content (AvgIpc) is 2.81. The zero-order chi connectivity index (χ0) is 13.4. The summed E-state index contributed by atoms with van der Waals surface area (Å²) in [6.45, 7) is 4.72. The molecule has 1 amide bonds. The maximum absolute atomic E-state index is 12.1. The third-order valence-electron chi connectivity index (χ3n) is 2.38. The van der Waals surface area contributed by atoms with E-state index in [1.165, 1.54) is 0 Å². The summed E-state index contributed by atoms with van der Waals surface area (Å²) in [4.78, 5) is 26.1. The molecule has 0 aliphatic heterocycles. The van der Waals surface area contributed by atoms with E-state index in [4.69, 9.17) is 4.74 Å². The van der Waals surface area contributed by atoms with Gasteiger partial charge in [0.25, 0.3) is 0 Å². The predicted octanol–water partition coefficient (Wildman–Crippen LogP) is 2.09. The van der Waals surface area contributed by atoms with E-state index >= 15 is 0 Å². The van der Waals surface area contributed by atoms with Crippen LogP contribution in [0, 0.1) is 0 Å². The van der Waals surface area contributed by atoms with Crippen molar-refractivity contribution in [2.75, 3.05) is 19.7 Å². The van der Waals surface area contributed by atoms with E-state index in [0.717, 1.165) is 11.3 Å². The molecule has 100 valence electrons. The lowest BCUT2D eigenvalue weighted by atomic mass is 10.3. The number of ether oxygens (including phenoxy) is 1.